The molecule has 0 aliphatic heterocycles. The van der Waals surface area contributed by atoms with Gasteiger partial charge in [-0.15, -0.1) is 0 Å². The van der Waals surface area contributed by atoms with Crippen LogP contribution in [0.4, 0.5) is 0 Å². The van der Waals surface area contributed by atoms with E-state index in [1.165, 1.54) is 0 Å². The monoisotopic (exact) mass is 219 g/mol. The lowest BCUT2D eigenvalue weighted by molar-refractivity contribution is -0.143. The van der Waals surface area contributed by atoms with E-state index in [0.717, 1.165) is 0 Å². The second kappa shape index (κ2) is 5.44. The Morgan fingerprint density at radius 3 is 2.13 bits per heavy atom. The largest absolute Gasteiger partial charge is 0.480 e. The topological polar surface area (TPSA) is 89.8 Å². The van der Waals surface area contributed by atoms with E-state index in [1.807, 2.05) is 20.8 Å². The Morgan fingerprint density at radius 1 is 1.40 bits per heavy atom. The summed E-state index contributed by atoms with van der Waals surface area (Å²) in [6.07, 6.45) is -1.03. The Hall–Kier alpha value is -0.650. The summed E-state index contributed by atoms with van der Waals surface area (Å²) < 4.78 is 0. The van der Waals surface area contributed by atoms with Crippen LogP contribution in [-0.2, 0) is 4.79 Å². The number of rotatable bonds is 5. The molecule has 0 radical (unpaired) electrons. The van der Waals surface area contributed by atoms with Crippen molar-refractivity contribution in [3.8, 4) is 0 Å². The first-order valence-electron chi connectivity index (χ1n) is 4.98. The summed E-state index contributed by atoms with van der Waals surface area (Å²) in [6.45, 7) is 6.71. The van der Waals surface area contributed by atoms with E-state index in [9.17, 15) is 9.90 Å². The molecule has 0 spiro atoms. The highest BCUT2D eigenvalue weighted by Crippen LogP contribution is 2.13. The standard InChI is InChI=1S/C10H21NO4/c1-6(7(13)5-12)8(9(14)15)11-10(2,3)4/h6-8,11-13H,5H2,1-4H3,(H,14,15). The number of aliphatic carboxylic acids is 1. The number of hydrogen-bond donors (Lipinski definition) is 4. The van der Waals surface area contributed by atoms with Crippen molar-refractivity contribution >= 4 is 5.97 Å². The summed E-state index contributed by atoms with van der Waals surface area (Å²) in [5.74, 6) is -1.57. The highest BCUT2D eigenvalue weighted by Gasteiger charge is 2.32. The molecule has 3 atom stereocenters. The van der Waals surface area contributed by atoms with Gasteiger partial charge in [0.15, 0.2) is 0 Å². The van der Waals surface area contributed by atoms with Crippen molar-refractivity contribution in [1.82, 2.24) is 5.32 Å². The summed E-state index contributed by atoms with van der Waals surface area (Å²) in [5.41, 5.74) is -0.355. The van der Waals surface area contributed by atoms with Crippen molar-refractivity contribution in [2.24, 2.45) is 5.92 Å². The fraction of sp³-hybridized carbons (Fsp3) is 0.900. The normalized spacial score (nSPS) is 18.3. The number of aliphatic hydroxyl groups excluding tert-OH is 2. The number of nitrogens with one attached hydrogen (secondary N) is 1. The van der Waals surface area contributed by atoms with E-state index in [4.69, 9.17) is 10.2 Å². The molecule has 0 saturated heterocycles. The Labute approximate surface area is 90.1 Å². The van der Waals surface area contributed by atoms with Crippen LogP contribution in [0.15, 0.2) is 0 Å². The van der Waals surface area contributed by atoms with Gasteiger partial charge in [-0.2, -0.15) is 0 Å². The maximum Gasteiger partial charge on any atom is 0.321 e. The quantitative estimate of drug-likeness (QED) is 0.515. The van der Waals surface area contributed by atoms with Gasteiger partial charge in [0.1, 0.15) is 6.04 Å². The Bertz CT molecular complexity index is 212. The molecule has 0 rings (SSSR count). The first-order chi connectivity index (χ1) is 6.69. The fourth-order valence-electron chi connectivity index (χ4n) is 1.27. The molecule has 0 bridgehead atoms. The van der Waals surface area contributed by atoms with Crippen LogP contribution < -0.4 is 5.32 Å². The molecule has 0 amide bonds. The van der Waals surface area contributed by atoms with Crippen molar-refractivity contribution in [3.05, 3.63) is 0 Å². The van der Waals surface area contributed by atoms with Crippen molar-refractivity contribution in [2.75, 3.05) is 6.61 Å². The zero-order valence-electron chi connectivity index (χ0n) is 9.69. The Balaban J connectivity index is 4.60. The summed E-state index contributed by atoms with van der Waals surface area (Å²) >= 11 is 0. The third-order valence-electron chi connectivity index (χ3n) is 2.17. The Morgan fingerprint density at radius 2 is 1.87 bits per heavy atom. The summed E-state index contributed by atoms with van der Waals surface area (Å²) in [4.78, 5) is 11.0. The fourth-order valence-corrected chi connectivity index (χ4v) is 1.27. The number of carbonyl (C=O) groups is 1. The minimum absolute atomic E-state index is 0.355. The molecule has 0 aliphatic carbocycles. The summed E-state index contributed by atoms with van der Waals surface area (Å²) in [7, 11) is 0. The average molecular weight is 219 g/mol. The van der Waals surface area contributed by atoms with E-state index in [1.54, 1.807) is 6.92 Å². The van der Waals surface area contributed by atoms with Crippen LogP contribution in [-0.4, -0.2) is 45.6 Å². The SMILES string of the molecule is CC(C(O)CO)C(NC(C)(C)C)C(=O)O. The lowest BCUT2D eigenvalue weighted by atomic mass is 9.93. The highest BCUT2D eigenvalue weighted by atomic mass is 16.4. The van der Waals surface area contributed by atoms with Crippen LogP contribution in [0, 0.1) is 5.92 Å². The van der Waals surface area contributed by atoms with E-state index in [-0.39, 0.29) is 5.54 Å². The first-order valence-corrected chi connectivity index (χ1v) is 4.98. The molecule has 90 valence electrons. The molecule has 3 unspecified atom stereocenters. The van der Waals surface area contributed by atoms with Gasteiger partial charge in [0.2, 0.25) is 0 Å². The Kier molecular flexibility index (Phi) is 5.20. The molecule has 5 nitrogen and oxygen atoms in total. The molecule has 0 aliphatic rings. The van der Waals surface area contributed by atoms with Crippen LogP contribution in [0.3, 0.4) is 0 Å². The zero-order chi connectivity index (χ0) is 12.2. The number of carboxylic acids is 1. The molecule has 0 heterocycles. The lowest BCUT2D eigenvalue weighted by Crippen LogP contribution is -2.53. The lowest BCUT2D eigenvalue weighted by Gasteiger charge is -2.31. The van der Waals surface area contributed by atoms with E-state index < -0.39 is 30.6 Å². The van der Waals surface area contributed by atoms with Crippen molar-refractivity contribution in [3.63, 3.8) is 0 Å². The zero-order valence-corrected chi connectivity index (χ0v) is 9.69. The van der Waals surface area contributed by atoms with Crippen LogP contribution in [0.25, 0.3) is 0 Å². The van der Waals surface area contributed by atoms with E-state index in [2.05, 4.69) is 5.32 Å². The van der Waals surface area contributed by atoms with Gasteiger partial charge in [0.05, 0.1) is 12.7 Å². The number of aliphatic hydroxyl groups is 2. The molecule has 0 aromatic rings. The van der Waals surface area contributed by atoms with Crippen LogP contribution in [0.1, 0.15) is 27.7 Å². The van der Waals surface area contributed by atoms with Gasteiger partial charge in [-0.3, -0.25) is 10.1 Å². The smallest absolute Gasteiger partial charge is 0.321 e. The van der Waals surface area contributed by atoms with Gasteiger partial charge >= 0.3 is 5.97 Å². The molecule has 4 N–H and O–H groups in total. The van der Waals surface area contributed by atoms with E-state index >= 15 is 0 Å². The third kappa shape index (κ3) is 5.11. The van der Waals surface area contributed by atoms with Crippen LogP contribution in [0.5, 0.6) is 0 Å². The van der Waals surface area contributed by atoms with Gasteiger partial charge in [0.25, 0.3) is 0 Å². The molecule has 5 heteroatoms. The summed E-state index contributed by atoms with van der Waals surface area (Å²) in [5, 5.41) is 30.0. The van der Waals surface area contributed by atoms with Gasteiger partial charge in [-0.05, 0) is 20.8 Å². The van der Waals surface area contributed by atoms with Gasteiger partial charge in [-0.25, -0.2) is 0 Å². The van der Waals surface area contributed by atoms with Crippen molar-refractivity contribution in [2.45, 2.75) is 45.4 Å². The number of hydrogen-bond acceptors (Lipinski definition) is 4. The minimum Gasteiger partial charge on any atom is -0.480 e. The number of carboxylic acid groups (broad SMARTS) is 1. The minimum atomic E-state index is -1.03. The maximum atomic E-state index is 11.0. The van der Waals surface area contributed by atoms with Crippen LogP contribution in [0.2, 0.25) is 0 Å². The van der Waals surface area contributed by atoms with Crippen molar-refractivity contribution in [1.29, 1.82) is 0 Å². The maximum absolute atomic E-state index is 11.0. The van der Waals surface area contributed by atoms with Gasteiger partial charge < -0.3 is 15.3 Å². The molecule has 0 aromatic heterocycles. The van der Waals surface area contributed by atoms with Crippen molar-refractivity contribution < 1.29 is 20.1 Å². The molecular formula is C10H21NO4. The third-order valence-corrected chi connectivity index (χ3v) is 2.17. The molecule has 0 aromatic carbocycles. The predicted octanol–water partition coefficient (Wildman–Crippen LogP) is -0.183. The first kappa shape index (κ1) is 14.3. The summed E-state index contributed by atoms with van der Waals surface area (Å²) in [6, 6.07) is -0.868. The molecule has 15 heavy (non-hydrogen) atoms. The second-order valence-electron chi connectivity index (χ2n) is 4.82. The predicted molar refractivity (Wildman–Crippen MR) is 56.6 cm³/mol. The molecule has 0 fully saturated rings. The van der Waals surface area contributed by atoms with Gasteiger partial charge in [0, 0.05) is 11.5 Å². The van der Waals surface area contributed by atoms with E-state index in [0.29, 0.717) is 0 Å². The molecular weight excluding hydrogens is 198 g/mol. The molecule has 0 saturated carbocycles. The highest BCUT2D eigenvalue weighted by molar-refractivity contribution is 5.74. The second-order valence-corrected chi connectivity index (χ2v) is 4.82. The average Bonchev–Trinajstić information content (AvgIpc) is 2.10. The van der Waals surface area contributed by atoms with Gasteiger partial charge in [-0.1, -0.05) is 6.92 Å². The van der Waals surface area contributed by atoms with Crippen LogP contribution >= 0.6 is 0 Å².